The smallest absolute Gasteiger partial charge is 0.419 e. The van der Waals surface area contributed by atoms with Gasteiger partial charge in [0, 0.05) is 55.9 Å². The topological polar surface area (TPSA) is 131 Å². The third-order valence-electron chi connectivity index (χ3n) is 6.52. The van der Waals surface area contributed by atoms with Crippen LogP contribution in [0, 0.1) is 0 Å². The number of anilines is 3. The normalized spacial score (nSPS) is 14.2. The van der Waals surface area contributed by atoms with Crippen molar-refractivity contribution in [2.24, 2.45) is 0 Å². The largest absolute Gasteiger partial charge is 0.444 e. The molecule has 2 amide bonds. The van der Waals surface area contributed by atoms with Gasteiger partial charge in [0.2, 0.25) is 0 Å². The van der Waals surface area contributed by atoms with Crippen molar-refractivity contribution in [1.29, 1.82) is 0 Å². The zero-order valence-corrected chi connectivity index (χ0v) is 23.1. The lowest BCUT2D eigenvalue weighted by molar-refractivity contribution is -0.137. The second kappa shape index (κ2) is 10.8. The van der Waals surface area contributed by atoms with Crippen LogP contribution in [0.3, 0.4) is 0 Å². The minimum atomic E-state index is -4.63. The van der Waals surface area contributed by atoms with Gasteiger partial charge in [-0.05, 0) is 51.1 Å². The Labute approximate surface area is 239 Å². The number of alkyl halides is 3. The summed E-state index contributed by atoms with van der Waals surface area (Å²) in [6.07, 6.45) is 0.896. The first-order valence-electron chi connectivity index (χ1n) is 13.1. The van der Waals surface area contributed by atoms with Crippen LogP contribution in [-0.2, 0) is 10.9 Å². The molecule has 5 rings (SSSR count). The molecule has 4 aromatic rings. The molecule has 0 radical (unpaired) electrons. The third-order valence-corrected chi connectivity index (χ3v) is 6.52. The van der Waals surface area contributed by atoms with Crippen molar-refractivity contribution in [1.82, 2.24) is 24.3 Å². The second-order valence-electron chi connectivity index (χ2n) is 10.8. The molecule has 1 saturated heterocycles. The van der Waals surface area contributed by atoms with E-state index in [9.17, 15) is 22.8 Å². The monoisotopic (exact) mass is 582 g/mol. The van der Waals surface area contributed by atoms with Gasteiger partial charge in [0.15, 0.2) is 5.82 Å². The van der Waals surface area contributed by atoms with Crippen molar-refractivity contribution in [3.05, 3.63) is 66.2 Å². The van der Waals surface area contributed by atoms with Gasteiger partial charge in [-0.25, -0.2) is 19.7 Å². The standard InChI is InChI=1S/C28H29F3N8O3/c1-27(2,3)42-26(41)38-10-8-37(9-11-38)22-6-4-17(13-33-22)25(40)36-21-16-39-15-18(5-7-23(39)35-21)19-12-20(28(29,30)31)24(32)34-14-19/h4-7,12-16H,8-11H2,1-3H3,(H2,32,34)(H,36,40). The van der Waals surface area contributed by atoms with Crippen LogP contribution in [0.15, 0.2) is 55.1 Å². The van der Waals surface area contributed by atoms with Crippen LogP contribution < -0.4 is 16.0 Å². The average Bonchev–Trinajstić information content (AvgIpc) is 3.33. The van der Waals surface area contributed by atoms with E-state index in [0.29, 0.717) is 48.8 Å². The number of aromatic nitrogens is 4. The molecule has 0 aliphatic carbocycles. The molecule has 42 heavy (non-hydrogen) atoms. The van der Waals surface area contributed by atoms with Crippen LogP contribution in [0.4, 0.5) is 35.4 Å². The SMILES string of the molecule is CC(C)(C)OC(=O)N1CCN(c2ccc(C(=O)Nc3cn4cc(-c5cnc(N)c(C(F)(F)F)c5)ccc4n3)cn2)CC1. The van der Waals surface area contributed by atoms with Crippen LogP contribution in [0.25, 0.3) is 16.8 Å². The highest BCUT2D eigenvalue weighted by Gasteiger charge is 2.34. The molecule has 0 atom stereocenters. The van der Waals surface area contributed by atoms with E-state index in [2.05, 4.69) is 20.3 Å². The maximum absolute atomic E-state index is 13.3. The summed E-state index contributed by atoms with van der Waals surface area (Å²) in [5.41, 5.74) is 5.33. The van der Waals surface area contributed by atoms with E-state index in [1.165, 1.54) is 12.4 Å². The number of ether oxygens (including phenoxy) is 1. The van der Waals surface area contributed by atoms with Crippen molar-refractivity contribution in [3.8, 4) is 11.1 Å². The molecule has 0 saturated carbocycles. The van der Waals surface area contributed by atoms with Crippen molar-refractivity contribution in [3.63, 3.8) is 0 Å². The molecule has 0 bridgehead atoms. The quantitative estimate of drug-likeness (QED) is 0.354. The molecular formula is C28H29F3N8O3. The fraction of sp³-hybridized carbons (Fsp3) is 0.321. The van der Waals surface area contributed by atoms with E-state index >= 15 is 0 Å². The molecule has 0 unspecified atom stereocenters. The van der Waals surface area contributed by atoms with Gasteiger partial charge < -0.3 is 30.0 Å². The number of nitrogens with two attached hydrogens (primary N) is 1. The van der Waals surface area contributed by atoms with Gasteiger partial charge in [-0.2, -0.15) is 13.2 Å². The summed E-state index contributed by atoms with van der Waals surface area (Å²) in [7, 11) is 0. The Balaban J connectivity index is 1.23. The van der Waals surface area contributed by atoms with Crippen molar-refractivity contribution < 1.29 is 27.5 Å². The lowest BCUT2D eigenvalue weighted by atomic mass is 10.1. The number of hydrogen-bond acceptors (Lipinski definition) is 8. The lowest BCUT2D eigenvalue weighted by Gasteiger charge is -2.36. The van der Waals surface area contributed by atoms with Gasteiger partial charge in [0.1, 0.15) is 22.9 Å². The van der Waals surface area contributed by atoms with Crippen LogP contribution in [0.2, 0.25) is 0 Å². The maximum Gasteiger partial charge on any atom is 0.419 e. The van der Waals surface area contributed by atoms with Gasteiger partial charge >= 0.3 is 12.3 Å². The Morgan fingerprint density at radius 1 is 0.952 bits per heavy atom. The second-order valence-corrected chi connectivity index (χ2v) is 10.8. The number of nitrogen functional groups attached to an aromatic ring is 1. The lowest BCUT2D eigenvalue weighted by Crippen LogP contribution is -2.50. The Bertz CT molecular complexity index is 1620. The minimum absolute atomic E-state index is 0.232. The van der Waals surface area contributed by atoms with E-state index < -0.39 is 29.1 Å². The summed E-state index contributed by atoms with van der Waals surface area (Å²) in [5.74, 6) is -0.0828. The van der Waals surface area contributed by atoms with Crippen LogP contribution in [0.5, 0.6) is 0 Å². The average molecular weight is 583 g/mol. The van der Waals surface area contributed by atoms with Gasteiger partial charge in [-0.3, -0.25) is 4.79 Å². The number of nitrogens with zero attached hydrogens (tertiary/aromatic N) is 6. The first-order chi connectivity index (χ1) is 19.8. The number of halogens is 3. The van der Waals surface area contributed by atoms with E-state index in [-0.39, 0.29) is 17.5 Å². The number of carbonyl (C=O) groups is 2. The van der Waals surface area contributed by atoms with Crippen molar-refractivity contribution in [2.75, 3.05) is 42.1 Å². The number of nitrogens with one attached hydrogen (secondary N) is 1. The summed E-state index contributed by atoms with van der Waals surface area (Å²) >= 11 is 0. The van der Waals surface area contributed by atoms with Crippen molar-refractivity contribution >= 4 is 35.1 Å². The fourth-order valence-electron chi connectivity index (χ4n) is 4.42. The fourth-order valence-corrected chi connectivity index (χ4v) is 4.42. The predicted molar refractivity (Wildman–Crippen MR) is 150 cm³/mol. The van der Waals surface area contributed by atoms with E-state index in [1.54, 1.807) is 46.0 Å². The summed E-state index contributed by atoms with van der Waals surface area (Å²) in [6, 6.07) is 7.56. The van der Waals surface area contributed by atoms with E-state index in [4.69, 9.17) is 10.5 Å². The first kappa shape index (κ1) is 28.6. The molecule has 5 heterocycles. The molecule has 3 N–H and O–H groups in total. The Morgan fingerprint density at radius 3 is 2.33 bits per heavy atom. The highest BCUT2D eigenvalue weighted by Crippen LogP contribution is 2.35. The number of piperazine rings is 1. The molecule has 4 aromatic heterocycles. The molecule has 0 spiro atoms. The Morgan fingerprint density at radius 2 is 1.69 bits per heavy atom. The molecule has 0 aromatic carbocycles. The summed E-state index contributed by atoms with van der Waals surface area (Å²) in [5, 5.41) is 2.72. The molecule has 11 nitrogen and oxygen atoms in total. The number of amides is 2. The van der Waals surface area contributed by atoms with E-state index in [1.807, 2.05) is 25.7 Å². The first-order valence-corrected chi connectivity index (χ1v) is 13.1. The molecule has 1 aliphatic heterocycles. The van der Waals surface area contributed by atoms with E-state index in [0.717, 1.165) is 6.07 Å². The number of carbonyl (C=O) groups excluding carboxylic acids is 2. The molecular weight excluding hydrogens is 553 g/mol. The minimum Gasteiger partial charge on any atom is -0.444 e. The molecule has 14 heteroatoms. The molecule has 220 valence electrons. The summed E-state index contributed by atoms with van der Waals surface area (Å²) in [6.45, 7) is 7.61. The molecule has 1 fully saturated rings. The van der Waals surface area contributed by atoms with Gasteiger partial charge in [-0.15, -0.1) is 0 Å². The molecule has 1 aliphatic rings. The van der Waals surface area contributed by atoms with Gasteiger partial charge in [0.05, 0.1) is 17.3 Å². The Kier molecular flexibility index (Phi) is 7.39. The maximum atomic E-state index is 13.3. The number of fused-ring (bicyclic) bond motifs is 1. The zero-order valence-electron chi connectivity index (χ0n) is 23.1. The Hall–Kier alpha value is -4.88. The number of hydrogen-bond donors (Lipinski definition) is 2. The third kappa shape index (κ3) is 6.37. The number of rotatable bonds is 4. The predicted octanol–water partition coefficient (Wildman–Crippen LogP) is 4.70. The van der Waals surface area contributed by atoms with Crippen molar-refractivity contribution in [2.45, 2.75) is 32.5 Å². The highest BCUT2D eigenvalue weighted by molar-refractivity contribution is 6.03. The zero-order chi connectivity index (χ0) is 30.2. The summed E-state index contributed by atoms with van der Waals surface area (Å²) < 4.78 is 46.8. The highest BCUT2D eigenvalue weighted by atomic mass is 19.4. The number of pyridine rings is 3. The number of imidazole rings is 1. The van der Waals surface area contributed by atoms with Crippen LogP contribution in [0.1, 0.15) is 36.7 Å². The van der Waals surface area contributed by atoms with Gasteiger partial charge in [0.25, 0.3) is 5.91 Å². The summed E-state index contributed by atoms with van der Waals surface area (Å²) in [4.78, 5) is 41.3. The van der Waals surface area contributed by atoms with Gasteiger partial charge in [-0.1, -0.05) is 0 Å². The van der Waals surface area contributed by atoms with Crippen LogP contribution in [-0.4, -0.2) is 68.0 Å². The van der Waals surface area contributed by atoms with Crippen LogP contribution >= 0.6 is 0 Å².